The summed E-state index contributed by atoms with van der Waals surface area (Å²) >= 11 is 3.48. The van der Waals surface area contributed by atoms with Crippen molar-refractivity contribution in [2.45, 2.75) is 25.2 Å². The molecule has 2 rings (SSSR count). The minimum Gasteiger partial charge on any atom is -0.507 e. The second-order valence-corrected chi connectivity index (χ2v) is 4.93. The van der Waals surface area contributed by atoms with Gasteiger partial charge >= 0.3 is 0 Å². The first-order valence-corrected chi connectivity index (χ1v) is 5.59. The normalized spacial score (nSPS) is 18.2. The lowest BCUT2D eigenvalue weighted by atomic mass is 9.93. The van der Waals surface area contributed by atoms with Crippen LogP contribution in [0.5, 0.6) is 5.75 Å². The van der Waals surface area contributed by atoms with Crippen LogP contribution in [0.3, 0.4) is 0 Å². The maximum absolute atomic E-state index is 10.00. The third kappa shape index (κ3) is 1.35. The van der Waals surface area contributed by atoms with Crippen molar-refractivity contribution in [1.29, 1.82) is 0 Å². The van der Waals surface area contributed by atoms with Crippen molar-refractivity contribution in [3.63, 3.8) is 0 Å². The number of hydrogen-bond donors (Lipinski definition) is 2. The van der Waals surface area contributed by atoms with Crippen LogP contribution in [0.15, 0.2) is 16.6 Å². The lowest BCUT2D eigenvalue weighted by Gasteiger charge is -2.17. The van der Waals surface area contributed by atoms with Crippen molar-refractivity contribution < 1.29 is 5.11 Å². The summed E-state index contributed by atoms with van der Waals surface area (Å²) in [6.07, 6.45) is 2.16. The summed E-state index contributed by atoms with van der Waals surface area (Å²) < 4.78 is 0.976. The van der Waals surface area contributed by atoms with Crippen LogP contribution in [-0.2, 0) is 5.41 Å². The number of nitrogens with two attached hydrogens (primary N) is 1. The third-order valence-electron chi connectivity index (χ3n) is 3.10. The van der Waals surface area contributed by atoms with Gasteiger partial charge in [0.15, 0.2) is 0 Å². The molecule has 0 atom stereocenters. The van der Waals surface area contributed by atoms with Gasteiger partial charge in [0, 0.05) is 22.0 Å². The zero-order valence-electron chi connectivity index (χ0n) is 8.18. The van der Waals surface area contributed by atoms with Crippen LogP contribution in [0.25, 0.3) is 0 Å². The van der Waals surface area contributed by atoms with Crippen LogP contribution < -0.4 is 5.73 Å². The van der Waals surface area contributed by atoms with Gasteiger partial charge in [-0.1, -0.05) is 22.0 Å². The maximum atomic E-state index is 10.00. The van der Waals surface area contributed by atoms with Crippen LogP contribution in [0.2, 0.25) is 0 Å². The number of rotatable bonds is 2. The Labute approximate surface area is 92.3 Å². The highest BCUT2D eigenvalue weighted by Crippen LogP contribution is 2.53. The van der Waals surface area contributed by atoms with Crippen molar-refractivity contribution in [3.8, 4) is 5.75 Å². The molecule has 0 bridgehead atoms. The molecular formula is C11H14BrNO. The Kier molecular flexibility index (Phi) is 2.32. The Hall–Kier alpha value is -0.540. The Morgan fingerprint density at radius 1 is 1.50 bits per heavy atom. The summed E-state index contributed by atoms with van der Waals surface area (Å²) in [5, 5.41) is 10.00. The molecule has 1 aliphatic rings. The van der Waals surface area contributed by atoms with E-state index in [1.54, 1.807) is 0 Å². The molecule has 0 heterocycles. The Morgan fingerprint density at radius 3 is 2.64 bits per heavy atom. The molecule has 0 aromatic heterocycles. The molecule has 0 amide bonds. The standard InChI is InChI=1S/C11H14BrNO/c1-7-2-3-8(12)9(10(7)14)11(6-13)4-5-11/h2-3,14H,4-6,13H2,1H3. The van der Waals surface area contributed by atoms with Gasteiger partial charge in [0.05, 0.1) is 0 Å². The van der Waals surface area contributed by atoms with E-state index in [2.05, 4.69) is 15.9 Å². The summed E-state index contributed by atoms with van der Waals surface area (Å²) in [6, 6.07) is 3.90. The zero-order valence-corrected chi connectivity index (χ0v) is 9.76. The van der Waals surface area contributed by atoms with E-state index in [0.717, 1.165) is 28.4 Å². The molecule has 1 aromatic rings. The van der Waals surface area contributed by atoms with E-state index in [9.17, 15) is 5.11 Å². The molecule has 14 heavy (non-hydrogen) atoms. The van der Waals surface area contributed by atoms with Crippen molar-refractivity contribution in [1.82, 2.24) is 0 Å². The Bertz CT molecular complexity index is 372. The van der Waals surface area contributed by atoms with Crippen molar-refractivity contribution in [2.24, 2.45) is 5.73 Å². The molecule has 0 aliphatic heterocycles. The first kappa shape index (κ1) is 9.99. The predicted molar refractivity (Wildman–Crippen MR) is 60.5 cm³/mol. The van der Waals surface area contributed by atoms with Gasteiger partial charge in [-0.15, -0.1) is 0 Å². The molecule has 0 radical (unpaired) electrons. The fourth-order valence-electron chi connectivity index (χ4n) is 1.88. The monoisotopic (exact) mass is 255 g/mol. The molecule has 3 heteroatoms. The maximum Gasteiger partial charge on any atom is 0.123 e. The summed E-state index contributed by atoms with van der Waals surface area (Å²) in [4.78, 5) is 0. The van der Waals surface area contributed by atoms with E-state index in [4.69, 9.17) is 5.73 Å². The average molecular weight is 256 g/mol. The van der Waals surface area contributed by atoms with Gasteiger partial charge in [-0.3, -0.25) is 0 Å². The number of halogens is 1. The zero-order chi connectivity index (χ0) is 10.3. The van der Waals surface area contributed by atoms with Crippen molar-refractivity contribution in [3.05, 3.63) is 27.7 Å². The fourth-order valence-corrected chi connectivity index (χ4v) is 2.62. The molecule has 1 saturated carbocycles. The minimum absolute atomic E-state index is 0.0366. The molecular weight excluding hydrogens is 242 g/mol. The molecule has 0 saturated heterocycles. The van der Waals surface area contributed by atoms with E-state index < -0.39 is 0 Å². The lowest BCUT2D eigenvalue weighted by Crippen LogP contribution is -2.20. The van der Waals surface area contributed by atoms with Gasteiger partial charge in [0.25, 0.3) is 0 Å². The van der Waals surface area contributed by atoms with Gasteiger partial charge in [-0.2, -0.15) is 0 Å². The highest BCUT2D eigenvalue weighted by molar-refractivity contribution is 9.10. The van der Waals surface area contributed by atoms with Gasteiger partial charge in [-0.25, -0.2) is 0 Å². The molecule has 1 fully saturated rings. The summed E-state index contributed by atoms with van der Waals surface area (Å²) in [5.41, 5.74) is 7.71. The van der Waals surface area contributed by atoms with E-state index in [1.807, 2.05) is 19.1 Å². The summed E-state index contributed by atoms with van der Waals surface area (Å²) in [6.45, 7) is 2.53. The Morgan fingerprint density at radius 2 is 2.14 bits per heavy atom. The summed E-state index contributed by atoms with van der Waals surface area (Å²) in [5.74, 6) is 0.405. The van der Waals surface area contributed by atoms with Gasteiger partial charge < -0.3 is 10.8 Å². The van der Waals surface area contributed by atoms with Crippen LogP contribution in [0, 0.1) is 6.92 Å². The number of hydrogen-bond acceptors (Lipinski definition) is 2. The number of aryl methyl sites for hydroxylation is 1. The fraction of sp³-hybridized carbons (Fsp3) is 0.455. The first-order valence-electron chi connectivity index (χ1n) is 4.79. The Balaban J connectivity index is 2.57. The van der Waals surface area contributed by atoms with Crippen LogP contribution in [0.4, 0.5) is 0 Å². The van der Waals surface area contributed by atoms with Crippen LogP contribution in [-0.4, -0.2) is 11.7 Å². The summed E-state index contributed by atoms with van der Waals surface area (Å²) in [7, 11) is 0. The van der Waals surface area contributed by atoms with Crippen molar-refractivity contribution in [2.75, 3.05) is 6.54 Å². The second kappa shape index (κ2) is 3.24. The highest BCUT2D eigenvalue weighted by atomic mass is 79.9. The van der Waals surface area contributed by atoms with Gasteiger partial charge in [-0.05, 0) is 31.4 Å². The molecule has 76 valence electrons. The topological polar surface area (TPSA) is 46.2 Å². The van der Waals surface area contributed by atoms with E-state index in [0.29, 0.717) is 12.3 Å². The first-order chi connectivity index (χ1) is 6.60. The number of benzene rings is 1. The van der Waals surface area contributed by atoms with Gasteiger partial charge in [0.2, 0.25) is 0 Å². The molecule has 1 aromatic carbocycles. The number of aromatic hydroxyl groups is 1. The van der Waals surface area contributed by atoms with E-state index in [-0.39, 0.29) is 5.41 Å². The largest absolute Gasteiger partial charge is 0.507 e. The van der Waals surface area contributed by atoms with Crippen molar-refractivity contribution >= 4 is 15.9 Å². The number of phenolic OH excluding ortho intramolecular Hbond substituents is 1. The quantitative estimate of drug-likeness (QED) is 0.853. The third-order valence-corrected chi connectivity index (χ3v) is 3.76. The molecule has 3 N–H and O–H groups in total. The van der Waals surface area contributed by atoms with Crippen LogP contribution >= 0.6 is 15.9 Å². The lowest BCUT2D eigenvalue weighted by molar-refractivity contribution is 0.454. The van der Waals surface area contributed by atoms with Crippen LogP contribution in [0.1, 0.15) is 24.0 Å². The molecule has 0 spiro atoms. The van der Waals surface area contributed by atoms with E-state index in [1.165, 1.54) is 0 Å². The highest BCUT2D eigenvalue weighted by Gasteiger charge is 2.46. The predicted octanol–water partition coefficient (Wildman–Crippen LogP) is 2.45. The smallest absolute Gasteiger partial charge is 0.123 e. The minimum atomic E-state index is 0.0366. The SMILES string of the molecule is Cc1ccc(Br)c(C2(CN)CC2)c1O. The molecule has 2 nitrogen and oxygen atoms in total. The number of phenols is 1. The molecule has 0 unspecified atom stereocenters. The van der Waals surface area contributed by atoms with Gasteiger partial charge in [0.1, 0.15) is 5.75 Å². The molecule has 1 aliphatic carbocycles. The van der Waals surface area contributed by atoms with E-state index >= 15 is 0 Å². The average Bonchev–Trinajstić information content (AvgIpc) is 2.93. The second-order valence-electron chi connectivity index (χ2n) is 4.07.